The van der Waals surface area contributed by atoms with Crippen LogP contribution < -0.4 is 10.1 Å². The summed E-state index contributed by atoms with van der Waals surface area (Å²) in [6, 6.07) is 14.3. The van der Waals surface area contributed by atoms with E-state index in [0.717, 1.165) is 34.9 Å². The average Bonchev–Trinajstić information content (AvgIpc) is 2.52. The lowest BCUT2D eigenvalue weighted by Crippen LogP contribution is -2.24. The van der Waals surface area contributed by atoms with Gasteiger partial charge in [0.05, 0.1) is 13.2 Å². The molecule has 1 N–H and O–H groups in total. The van der Waals surface area contributed by atoms with Gasteiger partial charge in [-0.05, 0) is 43.1 Å². The van der Waals surface area contributed by atoms with Crippen molar-refractivity contribution in [3.63, 3.8) is 0 Å². The molecule has 112 valence electrons. The number of para-hydroxylation sites is 1. The van der Waals surface area contributed by atoms with Crippen molar-refractivity contribution in [2.24, 2.45) is 0 Å². The third-order valence-corrected chi connectivity index (χ3v) is 4.08. The van der Waals surface area contributed by atoms with Crippen molar-refractivity contribution < 1.29 is 4.74 Å². The van der Waals surface area contributed by atoms with Crippen LogP contribution in [0.4, 0.5) is 0 Å². The van der Waals surface area contributed by atoms with Crippen molar-refractivity contribution in [1.29, 1.82) is 0 Å². The average molecular weight is 304 g/mol. The maximum atomic E-state index is 6.29. The molecule has 1 unspecified atom stereocenters. The summed E-state index contributed by atoms with van der Waals surface area (Å²) < 4.78 is 5.52. The predicted octanol–water partition coefficient (Wildman–Crippen LogP) is 4.75. The Balaban J connectivity index is 2.50. The van der Waals surface area contributed by atoms with Gasteiger partial charge in [0.25, 0.3) is 0 Å². The molecule has 21 heavy (non-hydrogen) atoms. The molecule has 0 saturated carbocycles. The summed E-state index contributed by atoms with van der Waals surface area (Å²) in [6.45, 7) is 5.17. The molecule has 2 rings (SSSR count). The monoisotopic (exact) mass is 303 g/mol. The molecule has 0 aliphatic carbocycles. The highest BCUT2D eigenvalue weighted by Gasteiger charge is 2.19. The van der Waals surface area contributed by atoms with Gasteiger partial charge >= 0.3 is 0 Å². The SMILES string of the molecule is CCCNC(c1ccccc1OC)c1cccc(Cl)c1C. The standard InChI is InChI=1S/C18H22ClNO/c1-4-12-20-18(14-9-7-10-16(19)13(14)2)15-8-5-6-11-17(15)21-3/h5-11,18,20H,4,12H2,1-3H3. The van der Waals surface area contributed by atoms with Gasteiger partial charge in [-0.15, -0.1) is 0 Å². The van der Waals surface area contributed by atoms with E-state index in [1.807, 2.05) is 30.3 Å². The first-order valence-corrected chi connectivity index (χ1v) is 7.68. The van der Waals surface area contributed by atoms with Gasteiger partial charge in [-0.2, -0.15) is 0 Å². The lowest BCUT2D eigenvalue weighted by Gasteiger charge is -2.23. The van der Waals surface area contributed by atoms with Crippen molar-refractivity contribution in [2.45, 2.75) is 26.3 Å². The summed E-state index contributed by atoms with van der Waals surface area (Å²) in [5.41, 5.74) is 3.44. The molecule has 2 aromatic rings. The number of halogens is 1. The highest BCUT2D eigenvalue weighted by molar-refractivity contribution is 6.31. The Labute approximate surface area is 132 Å². The van der Waals surface area contributed by atoms with Crippen molar-refractivity contribution in [3.8, 4) is 5.75 Å². The predicted molar refractivity (Wildman–Crippen MR) is 89.3 cm³/mol. The van der Waals surface area contributed by atoms with Gasteiger partial charge < -0.3 is 10.1 Å². The molecule has 0 radical (unpaired) electrons. The van der Waals surface area contributed by atoms with Gasteiger partial charge in [0, 0.05) is 10.6 Å². The first kappa shape index (κ1) is 15.9. The lowest BCUT2D eigenvalue weighted by molar-refractivity contribution is 0.403. The molecule has 2 aromatic carbocycles. The number of benzene rings is 2. The topological polar surface area (TPSA) is 21.3 Å². The van der Waals surface area contributed by atoms with Crippen LogP contribution in [-0.2, 0) is 0 Å². The van der Waals surface area contributed by atoms with Crippen molar-refractivity contribution in [1.82, 2.24) is 5.32 Å². The lowest BCUT2D eigenvalue weighted by atomic mass is 9.94. The summed E-state index contributed by atoms with van der Waals surface area (Å²) in [5.74, 6) is 0.894. The molecule has 0 aliphatic rings. The van der Waals surface area contributed by atoms with Crippen LogP contribution >= 0.6 is 11.6 Å². The Morgan fingerprint density at radius 2 is 1.81 bits per heavy atom. The minimum absolute atomic E-state index is 0.0831. The van der Waals surface area contributed by atoms with Crippen LogP contribution in [0.5, 0.6) is 5.75 Å². The number of nitrogens with one attached hydrogen (secondary N) is 1. The van der Waals surface area contributed by atoms with Gasteiger partial charge in [-0.1, -0.05) is 48.9 Å². The molecular weight excluding hydrogens is 282 g/mol. The fraction of sp³-hybridized carbons (Fsp3) is 0.333. The van der Waals surface area contributed by atoms with E-state index >= 15 is 0 Å². The number of hydrogen-bond donors (Lipinski definition) is 1. The Kier molecular flexibility index (Phi) is 5.66. The summed E-state index contributed by atoms with van der Waals surface area (Å²) >= 11 is 6.29. The highest BCUT2D eigenvalue weighted by atomic mass is 35.5. The zero-order valence-electron chi connectivity index (χ0n) is 12.8. The van der Waals surface area contributed by atoms with Crippen LogP contribution in [0.25, 0.3) is 0 Å². The van der Waals surface area contributed by atoms with Crippen LogP contribution in [0.3, 0.4) is 0 Å². The Morgan fingerprint density at radius 1 is 1.10 bits per heavy atom. The molecule has 2 nitrogen and oxygen atoms in total. The van der Waals surface area contributed by atoms with Crippen LogP contribution in [-0.4, -0.2) is 13.7 Å². The van der Waals surface area contributed by atoms with Crippen molar-refractivity contribution >= 4 is 11.6 Å². The zero-order valence-corrected chi connectivity index (χ0v) is 13.6. The molecule has 0 heterocycles. The van der Waals surface area contributed by atoms with Gasteiger partial charge in [-0.3, -0.25) is 0 Å². The van der Waals surface area contributed by atoms with Crippen molar-refractivity contribution in [2.75, 3.05) is 13.7 Å². The summed E-state index contributed by atoms with van der Waals surface area (Å²) in [7, 11) is 1.71. The van der Waals surface area contributed by atoms with Gasteiger partial charge in [-0.25, -0.2) is 0 Å². The maximum absolute atomic E-state index is 6.29. The molecule has 0 bridgehead atoms. The quantitative estimate of drug-likeness (QED) is 0.832. The number of ether oxygens (including phenoxy) is 1. The van der Waals surface area contributed by atoms with Crippen LogP contribution in [0.2, 0.25) is 5.02 Å². The second kappa shape index (κ2) is 7.48. The van der Waals surface area contributed by atoms with E-state index in [2.05, 4.69) is 31.3 Å². The molecule has 0 saturated heterocycles. The second-order valence-corrected chi connectivity index (χ2v) is 5.49. The first-order chi connectivity index (χ1) is 10.2. The molecule has 1 atom stereocenters. The van der Waals surface area contributed by atoms with Gasteiger partial charge in [0.2, 0.25) is 0 Å². The van der Waals surface area contributed by atoms with Gasteiger partial charge in [0.1, 0.15) is 5.75 Å². The van der Waals surface area contributed by atoms with Crippen LogP contribution in [0, 0.1) is 6.92 Å². The van der Waals surface area contributed by atoms with E-state index in [9.17, 15) is 0 Å². The van der Waals surface area contributed by atoms with E-state index in [1.165, 1.54) is 5.56 Å². The second-order valence-electron chi connectivity index (χ2n) is 5.08. The Hall–Kier alpha value is -1.51. The minimum atomic E-state index is 0.0831. The number of hydrogen-bond acceptors (Lipinski definition) is 2. The highest BCUT2D eigenvalue weighted by Crippen LogP contribution is 2.33. The van der Waals surface area contributed by atoms with E-state index in [0.29, 0.717) is 0 Å². The van der Waals surface area contributed by atoms with Crippen LogP contribution in [0.1, 0.15) is 36.1 Å². The molecular formula is C18H22ClNO. The zero-order chi connectivity index (χ0) is 15.2. The minimum Gasteiger partial charge on any atom is -0.496 e. The van der Waals surface area contributed by atoms with E-state index in [1.54, 1.807) is 7.11 Å². The smallest absolute Gasteiger partial charge is 0.123 e. The van der Waals surface area contributed by atoms with E-state index in [4.69, 9.17) is 16.3 Å². The van der Waals surface area contributed by atoms with Crippen LogP contribution in [0.15, 0.2) is 42.5 Å². The number of rotatable bonds is 6. The molecule has 0 amide bonds. The fourth-order valence-electron chi connectivity index (χ4n) is 2.52. The Morgan fingerprint density at radius 3 is 2.52 bits per heavy atom. The third kappa shape index (κ3) is 3.58. The summed E-state index contributed by atoms with van der Waals surface area (Å²) in [4.78, 5) is 0. The molecule has 0 aliphatic heterocycles. The Bertz CT molecular complexity index is 598. The molecule has 0 fully saturated rings. The largest absolute Gasteiger partial charge is 0.496 e. The molecule has 0 spiro atoms. The summed E-state index contributed by atoms with van der Waals surface area (Å²) in [5, 5.41) is 4.40. The van der Waals surface area contributed by atoms with Gasteiger partial charge in [0.15, 0.2) is 0 Å². The first-order valence-electron chi connectivity index (χ1n) is 7.30. The molecule has 3 heteroatoms. The maximum Gasteiger partial charge on any atom is 0.123 e. The fourth-order valence-corrected chi connectivity index (χ4v) is 2.70. The van der Waals surface area contributed by atoms with Crippen molar-refractivity contribution in [3.05, 3.63) is 64.2 Å². The number of methoxy groups -OCH3 is 1. The van der Waals surface area contributed by atoms with E-state index in [-0.39, 0.29) is 6.04 Å². The molecule has 0 aromatic heterocycles. The third-order valence-electron chi connectivity index (χ3n) is 3.67. The normalized spacial score (nSPS) is 12.2. The summed E-state index contributed by atoms with van der Waals surface area (Å²) in [6.07, 6.45) is 1.07. The van der Waals surface area contributed by atoms with E-state index < -0.39 is 0 Å².